The van der Waals surface area contributed by atoms with Crippen molar-refractivity contribution in [3.63, 3.8) is 0 Å². The zero-order chi connectivity index (χ0) is 34.9. The van der Waals surface area contributed by atoms with Gasteiger partial charge in [0, 0.05) is 54.8 Å². The van der Waals surface area contributed by atoms with Gasteiger partial charge in [-0.25, -0.2) is 17.8 Å². The summed E-state index contributed by atoms with van der Waals surface area (Å²) in [4.78, 5) is 29.0. The normalized spacial score (nSPS) is 14.2. The van der Waals surface area contributed by atoms with Crippen molar-refractivity contribution in [3.8, 4) is 22.6 Å². The molecular weight excluding hydrogens is 668 g/mol. The highest BCUT2D eigenvalue weighted by atomic mass is 32.2. The Balaban J connectivity index is 1.25. The molecule has 5 rings (SSSR count). The fraction of sp³-hybridized carbons (Fsp3) is 0.258. The van der Waals surface area contributed by atoms with Crippen molar-refractivity contribution in [3.05, 3.63) is 95.8 Å². The van der Waals surface area contributed by atoms with Crippen LogP contribution < -0.4 is 9.62 Å². The minimum atomic E-state index is -4.75. The molecule has 0 bridgehead atoms. The lowest BCUT2D eigenvalue weighted by atomic mass is 10.1. The highest BCUT2D eigenvalue weighted by Gasteiger charge is 2.33. The van der Waals surface area contributed by atoms with Crippen molar-refractivity contribution in [2.24, 2.45) is 0 Å². The van der Waals surface area contributed by atoms with Crippen molar-refractivity contribution >= 4 is 27.5 Å². The average Bonchev–Trinajstić information content (AvgIpc) is 3.53. The number of alkyl halides is 6. The van der Waals surface area contributed by atoms with Crippen LogP contribution in [-0.2, 0) is 16.2 Å². The predicted octanol–water partition coefficient (Wildman–Crippen LogP) is 5.24. The van der Waals surface area contributed by atoms with Crippen molar-refractivity contribution < 1.29 is 49.5 Å². The number of hydrogen-bond donors (Lipinski definition) is 2. The fourth-order valence-corrected chi connectivity index (χ4v) is 6.01. The summed E-state index contributed by atoms with van der Waals surface area (Å²) in [6.45, 7) is 0.851. The number of nitrogens with one attached hydrogen (secondary N) is 1. The molecule has 2 heterocycles. The van der Waals surface area contributed by atoms with Gasteiger partial charge in [-0.2, -0.15) is 31.4 Å². The highest BCUT2D eigenvalue weighted by molar-refractivity contribution is 7.90. The van der Waals surface area contributed by atoms with E-state index >= 15 is 0 Å². The molecule has 17 heteroatoms. The van der Waals surface area contributed by atoms with Crippen LogP contribution in [0.4, 0.5) is 32.0 Å². The van der Waals surface area contributed by atoms with E-state index in [2.05, 4.69) is 5.10 Å². The highest BCUT2D eigenvalue weighted by Crippen LogP contribution is 2.33. The van der Waals surface area contributed by atoms with Gasteiger partial charge in [-0.05, 0) is 60.2 Å². The number of halogens is 6. The Morgan fingerprint density at radius 3 is 2.15 bits per heavy atom. The molecular formula is C31H27F6N5O5S. The summed E-state index contributed by atoms with van der Waals surface area (Å²) in [5, 5.41) is 13.9. The van der Waals surface area contributed by atoms with Crippen LogP contribution in [0.1, 0.15) is 32.7 Å². The Hall–Kier alpha value is -5.06. The maximum atomic E-state index is 13.9. The number of hydrogen-bond acceptors (Lipinski definition) is 7. The number of phenols is 1. The minimum Gasteiger partial charge on any atom is -0.508 e. The minimum absolute atomic E-state index is 0.00530. The number of amides is 2. The summed E-state index contributed by atoms with van der Waals surface area (Å²) in [7, 11) is -4.51. The molecule has 2 amide bonds. The molecule has 1 fully saturated rings. The molecule has 1 aromatic heterocycles. The standard InChI is InChI=1S/C31H27F6N5O5S/c32-30(33,34)8-13-48(46,47)39-28(44)20-4-6-25(7-5-20)40-9-11-41(12-10-40)29(45)22-14-24(31(35,36)37)17-26(15-22)42-19-23(18-38-42)21-2-1-3-27(43)16-21/h1-7,14-19,43H,8-13H2,(H,39,44). The molecule has 0 atom stereocenters. The average molecular weight is 696 g/mol. The van der Waals surface area contributed by atoms with E-state index in [0.29, 0.717) is 16.8 Å². The van der Waals surface area contributed by atoms with Gasteiger partial charge in [0.2, 0.25) is 10.0 Å². The molecule has 254 valence electrons. The number of benzene rings is 3. The number of carbonyl (C=O) groups excluding carboxylic acids is 2. The molecule has 0 radical (unpaired) electrons. The molecule has 0 unspecified atom stereocenters. The smallest absolute Gasteiger partial charge is 0.416 e. The third-order valence-corrected chi connectivity index (χ3v) is 8.72. The molecule has 2 N–H and O–H groups in total. The third-order valence-electron chi connectivity index (χ3n) is 7.48. The SMILES string of the molecule is O=C(NS(=O)(=O)CCC(F)(F)F)c1ccc(N2CCN(C(=O)c3cc(-n4cc(-c5cccc(O)c5)cn4)cc(C(F)(F)F)c3)CC2)cc1. The second kappa shape index (κ2) is 13.2. The number of anilines is 1. The van der Waals surface area contributed by atoms with Gasteiger partial charge in [0.25, 0.3) is 11.8 Å². The van der Waals surface area contributed by atoms with E-state index in [9.17, 15) is 49.5 Å². The van der Waals surface area contributed by atoms with E-state index in [1.807, 2.05) is 4.90 Å². The molecule has 1 saturated heterocycles. The second-order valence-corrected chi connectivity index (χ2v) is 12.8. The summed E-state index contributed by atoms with van der Waals surface area (Å²) < 4.78 is 105. The Labute approximate surface area is 270 Å². The number of piperazine rings is 1. The first kappa shape index (κ1) is 34.3. The maximum absolute atomic E-state index is 13.9. The Kier molecular flexibility index (Phi) is 9.44. The lowest BCUT2D eigenvalue weighted by molar-refractivity contribution is -0.137. The van der Waals surface area contributed by atoms with Gasteiger partial charge in [0.1, 0.15) is 5.75 Å². The molecule has 48 heavy (non-hydrogen) atoms. The van der Waals surface area contributed by atoms with Crippen LogP contribution in [0.15, 0.2) is 79.1 Å². The number of aromatic hydroxyl groups is 1. The van der Waals surface area contributed by atoms with Crippen LogP contribution in [0.5, 0.6) is 5.75 Å². The molecule has 10 nitrogen and oxygen atoms in total. The molecule has 0 spiro atoms. The number of rotatable bonds is 8. The summed E-state index contributed by atoms with van der Waals surface area (Å²) >= 11 is 0. The van der Waals surface area contributed by atoms with Crippen molar-refractivity contribution in [1.82, 2.24) is 19.4 Å². The third kappa shape index (κ3) is 8.44. The van der Waals surface area contributed by atoms with E-state index in [1.54, 1.807) is 16.9 Å². The molecule has 0 aliphatic carbocycles. The molecule has 1 aliphatic heterocycles. The fourth-order valence-electron chi connectivity index (χ4n) is 5.00. The zero-order valence-corrected chi connectivity index (χ0v) is 25.6. The Morgan fingerprint density at radius 2 is 1.52 bits per heavy atom. The first-order valence-corrected chi connectivity index (χ1v) is 16.0. The summed E-state index contributed by atoms with van der Waals surface area (Å²) in [6, 6.07) is 14.9. The van der Waals surface area contributed by atoms with E-state index in [-0.39, 0.29) is 48.7 Å². The second-order valence-electron chi connectivity index (χ2n) is 10.9. The largest absolute Gasteiger partial charge is 0.508 e. The topological polar surface area (TPSA) is 125 Å². The summed E-state index contributed by atoms with van der Waals surface area (Å²) in [5.74, 6) is -3.01. The van der Waals surface area contributed by atoms with E-state index in [0.717, 1.165) is 12.1 Å². The predicted molar refractivity (Wildman–Crippen MR) is 162 cm³/mol. The lowest BCUT2D eigenvalue weighted by Gasteiger charge is -2.36. The van der Waals surface area contributed by atoms with E-state index in [4.69, 9.17) is 0 Å². The van der Waals surface area contributed by atoms with Crippen LogP contribution in [-0.4, -0.2) is 78.1 Å². The van der Waals surface area contributed by atoms with Crippen LogP contribution in [0.3, 0.4) is 0 Å². The van der Waals surface area contributed by atoms with E-state index in [1.165, 1.54) is 64.4 Å². The molecule has 0 saturated carbocycles. The first-order valence-electron chi connectivity index (χ1n) is 14.3. The van der Waals surface area contributed by atoms with Gasteiger partial charge in [0.15, 0.2) is 0 Å². The van der Waals surface area contributed by atoms with Gasteiger partial charge in [-0.1, -0.05) is 12.1 Å². The monoisotopic (exact) mass is 695 g/mol. The number of aromatic nitrogens is 2. The molecule has 1 aliphatic rings. The van der Waals surface area contributed by atoms with Crippen molar-refractivity contribution in [2.45, 2.75) is 18.8 Å². The quantitative estimate of drug-likeness (QED) is 0.242. The van der Waals surface area contributed by atoms with Gasteiger partial charge >= 0.3 is 12.4 Å². The van der Waals surface area contributed by atoms with Crippen LogP contribution >= 0.6 is 0 Å². The van der Waals surface area contributed by atoms with Crippen molar-refractivity contribution in [1.29, 1.82) is 0 Å². The lowest BCUT2D eigenvalue weighted by Crippen LogP contribution is -2.48. The Bertz CT molecular complexity index is 1920. The van der Waals surface area contributed by atoms with Crippen LogP contribution in [0, 0.1) is 0 Å². The number of carbonyl (C=O) groups is 2. The zero-order valence-electron chi connectivity index (χ0n) is 24.8. The van der Waals surface area contributed by atoms with E-state index < -0.39 is 51.9 Å². The first-order chi connectivity index (χ1) is 22.5. The number of sulfonamides is 1. The molecule has 4 aromatic rings. The number of phenolic OH excluding ortho intramolecular Hbond substituents is 1. The van der Waals surface area contributed by atoms with Crippen LogP contribution in [0.2, 0.25) is 0 Å². The summed E-state index contributed by atoms with van der Waals surface area (Å²) in [6.07, 6.45) is -8.15. The van der Waals surface area contributed by atoms with Crippen molar-refractivity contribution in [2.75, 3.05) is 36.8 Å². The number of nitrogens with zero attached hydrogens (tertiary/aromatic N) is 4. The van der Waals surface area contributed by atoms with Gasteiger partial charge in [0.05, 0.1) is 29.6 Å². The Morgan fingerprint density at radius 1 is 0.833 bits per heavy atom. The maximum Gasteiger partial charge on any atom is 0.416 e. The van der Waals surface area contributed by atoms with Crippen LogP contribution in [0.25, 0.3) is 16.8 Å². The molecule has 3 aromatic carbocycles. The van der Waals surface area contributed by atoms with Gasteiger partial charge < -0.3 is 14.9 Å². The van der Waals surface area contributed by atoms with Gasteiger partial charge in [-0.3, -0.25) is 9.59 Å². The summed E-state index contributed by atoms with van der Waals surface area (Å²) in [5.41, 5.74) is 0.406. The van der Waals surface area contributed by atoms with Gasteiger partial charge in [-0.15, -0.1) is 0 Å².